The van der Waals surface area contributed by atoms with Crippen molar-refractivity contribution in [1.29, 1.82) is 5.26 Å². The molecule has 1 amide bonds. The van der Waals surface area contributed by atoms with Crippen molar-refractivity contribution in [1.82, 2.24) is 9.88 Å². The maximum atomic E-state index is 11.6. The zero-order chi connectivity index (χ0) is 21.0. The Labute approximate surface area is 174 Å². The van der Waals surface area contributed by atoms with E-state index in [0.29, 0.717) is 32.0 Å². The van der Waals surface area contributed by atoms with Crippen LogP contribution in [-0.2, 0) is 11.3 Å². The number of rotatable bonds is 1. The van der Waals surface area contributed by atoms with Crippen LogP contribution in [0.5, 0.6) is 0 Å². The zero-order valence-electron chi connectivity index (χ0n) is 16.7. The highest BCUT2D eigenvalue weighted by molar-refractivity contribution is 5.78. The number of amides is 1. The number of nitrogens with two attached hydrogens (primary N) is 1. The predicted molar refractivity (Wildman–Crippen MR) is 110 cm³/mol. The first-order valence-electron chi connectivity index (χ1n) is 10.1. The SMILES string of the molecule is Cc1ccc(-c2cc3c4c(c2)[C@@H]2CN(C(=O)O)CC[C@@H]2N4C(N)COC3)c(C#N)n1. The maximum absolute atomic E-state index is 11.6. The first-order valence-corrected chi connectivity index (χ1v) is 10.1. The van der Waals surface area contributed by atoms with Gasteiger partial charge < -0.3 is 25.4 Å². The van der Waals surface area contributed by atoms with E-state index < -0.39 is 6.09 Å². The molecule has 3 N–H and O–H groups in total. The molecule has 0 bridgehead atoms. The van der Waals surface area contributed by atoms with Gasteiger partial charge in [-0.25, -0.2) is 9.78 Å². The van der Waals surface area contributed by atoms with Gasteiger partial charge in [-0.3, -0.25) is 0 Å². The van der Waals surface area contributed by atoms with Crippen molar-refractivity contribution in [2.24, 2.45) is 5.73 Å². The number of ether oxygens (including phenoxy) is 1. The normalized spacial score (nSPS) is 24.6. The van der Waals surface area contributed by atoms with E-state index in [1.54, 1.807) is 0 Å². The Morgan fingerprint density at radius 3 is 3.00 bits per heavy atom. The van der Waals surface area contributed by atoms with E-state index in [2.05, 4.69) is 28.1 Å². The molecule has 8 nitrogen and oxygen atoms in total. The highest BCUT2D eigenvalue weighted by Gasteiger charge is 2.46. The molecule has 3 atom stereocenters. The van der Waals surface area contributed by atoms with Crippen LogP contribution in [0.3, 0.4) is 0 Å². The fraction of sp³-hybridized carbons (Fsp3) is 0.409. The number of carbonyl (C=O) groups is 1. The fourth-order valence-corrected chi connectivity index (χ4v) is 5.16. The van der Waals surface area contributed by atoms with E-state index in [1.807, 2.05) is 19.1 Å². The zero-order valence-corrected chi connectivity index (χ0v) is 16.7. The topological polar surface area (TPSA) is 116 Å². The molecule has 154 valence electrons. The molecule has 1 saturated heterocycles. The van der Waals surface area contributed by atoms with Crippen LogP contribution in [0.25, 0.3) is 11.1 Å². The van der Waals surface area contributed by atoms with Crippen LogP contribution >= 0.6 is 0 Å². The largest absolute Gasteiger partial charge is 0.465 e. The number of fused-ring (bicyclic) bond motifs is 3. The number of pyridine rings is 1. The van der Waals surface area contributed by atoms with Crippen LogP contribution < -0.4 is 10.6 Å². The third kappa shape index (κ3) is 2.82. The van der Waals surface area contributed by atoms with Gasteiger partial charge in [-0.15, -0.1) is 0 Å². The van der Waals surface area contributed by atoms with E-state index in [9.17, 15) is 15.2 Å². The lowest BCUT2D eigenvalue weighted by Gasteiger charge is -2.39. The van der Waals surface area contributed by atoms with E-state index >= 15 is 0 Å². The van der Waals surface area contributed by atoms with Gasteiger partial charge in [0, 0.05) is 47.6 Å². The van der Waals surface area contributed by atoms with Crippen LogP contribution in [0.1, 0.15) is 34.9 Å². The highest BCUT2D eigenvalue weighted by atomic mass is 16.5. The van der Waals surface area contributed by atoms with Crippen LogP contribution in [0.2, 0.25) is 0 Å². The molecule has 0 saturated carbocycles. The van der Waals surface area contributed by atoms with Gasteiger partial charge in [0.15, 0.2) is 0 Å². The average molecular weight is 405 g/mol. The Morgan fingerprint density at radius 1 is 1.40 bits per heavy atom. The van der Waals surface area contributed by atoms with Gasteiger partial charge in [-0.2, -0.15) is 5.26 Å². The van der Waals surface area contributed by atoms with E-state index in [4.69, 9.17) is 10.5 Å². The Morgan fingerprint density at radius 2 is 2.23 bits per heavy atom. The van der Waals surface area contributed by atoms with Crippen molar-refractivity contribution in [2.45, 2.75) is 38.1 Å². The number of aryl methyl sites for hydroxylation is 1. The summed E-state index contributed by atoms with van der Waals surface area (Å²) in [6.45, 7) is 3.66. The molecule has 0 aliphatic carbocycles. The Bertz CT molecular complexity index is 1080. The third-order valence-corrected chi connectivity index (χ3v) is 6.44. The molecule has 0 spiro atoms. The molecule has 1 aromatic heterocycles. The van der Waals surface area contributed by atoms with Gasteiger partial charge >= 0.3 is 6.09 Å². The average Bonchev–Trinajstić information content (AvgIpc) is 2.97. The van der Waals surface area contributed by atoms with Crippen LogP contribution in [0.15, 0.2) is 24.3 Å². The monoisotopic (exact) mass is 405 g/mol. The number of likely N-dealkylation sites (tertiary alicyclic amines) is 1. The highest BCUT2D eigenvalue weighted by Crippen LogP contribution is 2.49. The number of benzene rings is 1. The second-order valence-electron chi connectivity index (χ2n) is 8.21. The van der Waals surface area contributed by atoms with Gasteiger partial charge in [0.25, 0.3) is 0 Å². The predicted octanol–water partition coefficient (Wildman–Crippen LogP) is 2.40. The smallest absolute Gasteiger partial charge is 0.407 e. The number of nitriles is 1. The van der Waals surface area contributed by atoms with E-state index in [1.165, 1.54) is 4.90 Å². The summed E-state index contributed by atoms with van der Waals surface area (Å²) in [5.74, 6) is 0.0386. The van der Waals surface area contributed by atoms with Gasteiger partial charge in [-0.1, -0.05) is 0 Å². The van der Waals surface area contributed by atoms with Gasteiger partial charge in [0.1, 0.15) is 17.9 Å². The number of nitrogens with zero attached hydrogens (tertiary/aromatic N) is 4. The minimum absolute atomic E-state index is 0.0386. The summed E-state index contributed by atoms with van der Waals surface area (Å²) in [7, 11) is 0. The van der Waals surface area contributed by atoms with Crippen LogP contribution in [-0.4, -0.2) is 53.0 Å². The van der Waals surface area contributed by atoms with Gasteiger partial charge in [0.05, 0.1) is 13.2 Å². The minimum atomic E-state index is -0.890. The fourth-order valence-electron chi connectivity index (χ4n) is 5.16. The molecule has 3 aliphatic heterocycles. The molecular weight excluding hydrogens is 382 g/mol. The number of piperidine rings is 1. The van der Waals surface area contributed by atoms with Gasteiger partial charge in [-0.05, 0) is 48.7 Å². The van der Waals surface area contributed by atoms with Crippen molar-refractivity contribution >= 4 is 11.8 Å². The summed E-state index contributed by atoms with van der Waals surface area (Å²) in [5.41, 5.74) is 12.5. The maximum Gasteiger partial charge on any atom is 0.407 e. The summed E-state index contributed by atoms with van der Waals surface area (Å²) in [4.78, 5) is 19.7. The molecule has 1 unspecified atom stereocenters. The van der Waals surface area contributed by atoms with Crippen LogP contribution in [0.4, 0.5) is 10.5 Å². The lowest BCUT2D eigenvalue weighted by atomic mass is 9.87. The van der Waals surface area contributed by atoms with E-state index in [0.717, 1.165) is 40.1 Å². The second kappa shape index (κ2) is 6.97. The van der Waals surface area contributed by atoms with Crippen molar-refractivity contribution in [3.8, 4) is 17.2 Å². The van der Waals surface area contributed by atoms with Crippen molar-refractivity contribution in [3.63, 3.8) is 0 Å². The number of hydrogen-bond acceptors (Lipinski definition) is 6. The molecular formula is C22H23N5O3. The molecule has 4 heterocycles. The second-order valence-corrected chi connectivity index (χ2v) is 8.21. The standard InChI is InChI=1S/C22H23N5O3/c1-12-2-3-15(18(8-23)25-12)13-6-14-10-30-11-20(24)27-19-4-5-26(22(28)29)9-17(19)16(7-13)21(14)27/h2-3,6-7,17,19-20H,4-5,9-11,24H2,1H3,(H,28,29)/t17-,19-,20?/m0/s1. The number of anilines is 1. The summed E-state index contributed by atoms with van der Waals surface area (Å²) in [6.07, 6.45) is -0.430. The van der Waals surface area contributed by atoms with Crippen molar-refractivity contribution in [2.75, 3.05) is 24.6 Å². The lowest BCUT2D eigenvalue weighted by Crippen LogP contribution is -2.54. The molecule has 0 radical (unpaired) electrons. The molecule has 8 heteroatoms. The van der Waals surface area contributed by atoms with Crippen molar-refractivity contribution < 1.29 is 14.6 Å². The Kier molecular flexibility index (Phi) is 4.38. The third-order valence-electron chi connectivity index (χ3n) is 6.44. The Balaban J connectivity index is 1.68. The van der Waals surface area contributed by atoms with E-state index in [-0.39, 0.29) is 18.1 Å². The quantitative estimate of drug-likeness (QED) is 0.748. The Hall–Kier alpha value is -3.15. The molecule has 1 fully saturated rings. The molecule has 5 rings (SSSR count). The molecule has 30 heavy (non-hydrogen) atoms. The molecule has 2 aromatic rings. The summed E-state index contributed by atoms with van der Waals surface area (Å²) >= 11 is 0. The van der Waals surface area contributed by atoms with Crippen LogP contribution in [0, 0.1) is 18.3 Å². The number of hydrogen-bond donors (Lipinski definition) is 2. The summed E-state index contributed by atoms with van der Waals surface area (Å²) < 4.78 is 5.85. The first-order chi connectivity index (χ1) is 14.5. The van der Waals surface area contributed by atoms with Crippen molar-refractivity contribution in [3.05, 3.63) is 46.8 Å². The number of aromatic nitrogens is 1. The first kappa shape index (κ1) is 18.9. The lowest BCUT2D eigenvalue weighted by molar-refractivity contribution is 0.105. The molecule has 1 aromatic carbocycles. The summed E-state index contributed by atoms with van der Waals surface area (Å²) in [5, 5.41) is 19.1. The minimum Gasteiger partial charge on any atom is -0.465 e. The molecule has 3 aliphatic rings. The summed E-state index contributed by atoms with van der Waals surface area (Å²) in [6, 6.07) is 10.3. The van der Waals surface area contributed by atoms with Gasteiger partial charge in [0.2, 0.25) is 0 Å². The number of carboxylic acid groups (broad SMARTS) is 1.